The second-order valence-electron chi connectivity index (χ2n) is 3.52. The van der Waals surface area contributed by atoms with Crippen molar-refractivity contribution in [3.8, 4) is 0 Å². The number of rotatable bonds is 8. The van der Waals surface area contributed by atoms with E-state index in [0.717, 1.165) is 0 Å². The second-order valence-corrected chi connectivity index (χ2v) is 9.20. The molecule has 1 rings (SSSR count). The van der Waals surface area contributed by atoms with Crippen LogP contribution in [0.2, 0.25) is 0 Å². The van der Waals surface area contributed by atoms with Gasteiger partial charge in [-0.25, -0.2) is 4.65 Å². The van der Waals surface area contributed by atoms with Crippen LogP contribution in [0.4, 0.5) is 0 Å². The molecule has 0 aliphatic heterocycles. The minimum absolute atomic E-state index is 1.48. The molecular formula is C9H25NO6Si2. The van der Waals surface area contributed by atoms with Gasteiger partial charge in [-0.1, -0.05) is 19.3 Å². The molecule has 0 aromatic heterocycles. The summed E-state index contributed by atoms with van der Waals surface area (Å²) in [5.41, 5.74) is 0. The van der Waals surface area contributed by atoms with Gasteiger partial charge in [-0.05, 0) is 0 Å². The lowest BCUT2D eigenvalue weighted by Gasteiger charge is -2.32. The standard InChI is InChI=1S/C6H19NO6Si2.C3H6/c1-8-14(9-2,10-3)7-15(11-4,12-5)13-6;1-2-3-1/h7H,1-6H3;1-3H2. The van der Waals surface area contributed by atoms with E-state index in [-0.39, 0.29) is 0 Å². The molecule has 0 aromatic carbocycles. The fraction of sp³-hybridized carbons (Fsp3) is 1.00. The van der Waals surface area contributed by atoms with E-state index in [4.69, 9.17) is 26.6 Å². The largest absolute Gasteiger partial charge is 0.594 e. The molecule has 0 radical (unpaired) electrons. The SMILES string of the molecule is C1CC1.CO[Si](N[Si](OC)(OC)OC)(OC)OC. The summed E-state index contributed by atoms with van der Waals surface area (Å²) >= 11 is 0. The summed E-state index contributed by atoms with van der Waals surface area (Å²) in [5.74, 6) is 0. The average molecular weight is 299 g/mol. The zero-order valence-corrected chi connectivity index (χ0v) is 14.1. The summed E-state index contributed by atoms with van der Waals surface area (Å²) in [6.07, 6.45) is 4.50. The van der Waals surface area contributed by atoms with Crippen molar-refractivity contribution in [3.63, 3.8) is 0 Å². The number of hydrogen-bond donors (Lipinski definition) is 1. The normalized spacial score (nSPS) is 15.0. The summed E-state index contributed by atoms with van der Waals surface area (Å²) < 4.78 is 34.0. The van der Waals surface area contributed by atoms with E-state index in [1.807, 2.05) is 0 Å². The quantitative estimate of drug-likeness (QED) is 0.654. The Bertz CT molecular complexity index is 174. The molecule has 9 heteroatoms. The van der Waals surface area contributed by atoms with Crippen molar-refractivity contribution >= 4 is 17.9 Å². The highest BCUT2D eigenvalue weighted by Gasteiger charge is 2.53. The summed E-state index contributed by atoms with van der Waals surface area (Å²) in [6, 6.07) is 0. The third-order valence-electron chi connectivity index (χ3n) is 2.27. The van der Waals surface area contributed by atoms with Crippen LogP contribution >= 0.6 is 0 Å². The predicted molar refractivity (Wildman–Crippen MR) is 70.5 cm³/mol. The fourth-order valence-electron chi connectivity index (χ4n) is 0.994. The first-order valence-corrected chi connectivity index (χ1v) is 9.12. The molecule has 1 fully saturated rings. The van der Waals surface area contributed by atoms with Crippen molar-refractivity contribution in [2.75, 3.05) is 42.7 Å². The van der Waals surface area contributed by atoms with Crippen LogP contribution in [-0.4, -0.2) is 60.6 Å². The molecular weight excluding hydrogens is 274 g/mol. The molecule has 0 aromatic rings. The van der Waals surface area contributed by atoms with Crippen molar-refractivity contribution in [3.05, 3.63) is 0 Å². The molecule has 110 valence electrons. The molecule has 1 saturated carbocycles. The highest BCUT2D eigenvalue weighted by Crippen LogP contribution is 2.14. The first kappa shape index (κ1) is 18.2. The Labute approximate surface area is 112 Å². The van der Waals surface area contributed by atoms with Crippen molar-refractivity contribution in [2.45, 2.75) is 19.3 Å². The van der Waals surface area contributed by atoms with Crippen LogP contribution in [0.15, 0.2) is 0 Å². The highest BCUT2D eigenvalue weighted by atomic mass is 28.5. The van der Waals surface area contributed by atoms with Crippen molar-refractivity contribution < 1.29 is 26.6 Å². The third-order valence-corrected chi connectivity index (χ3v) is 7.95. The lowest BCUT2D eigenvalue weighted by Crippen LogP contribution is -2.71. The molecule has 18 heavy (non-hydrogen) atoms. The molecule has 7 nitrogen and oxygen atoms in total. The molecule has 1 aliphatic carbocycles. The predicted octanol–water partition coefficient (Wildman–Crippen LogP) is 0.496. The molecule has 0 atom stereocenters. The van der Waals surface area contributed by atoms with Gasteiger partial charge >= 0.3 is 17.9 Å². The van der Waals surface area contributed by atoms with E-state index in [0.29, 0.717) is 0 Å². The Balaban J connectivity index is 0.000000827. The molecule has 0 bridgehead atoms. The van der Waals surface area contributed by atoms with Gasteiger partial charge in [0.15, 0.2) is 0 Å². The van der Waals surface area contributed by atoms with Crippen LogP contribution in [0.5, 0.6) is 0 Å². The van der Waals surface area contributed by atoms with E-state index in [9.17, 15) is 0 Å². The van der Waals surface area contributed by atoms with Crippen molar-refractivity contribution in [1.82, 2.24) is 4.65 Å². The van der Waals surface area contributed by atoms with Gasteiger partial charge in [-0.15, -0.1) is 0 Å². The van der Waals surface area contributed by atoms with Gasteiger partial charge in [-0.3, -0.25) is 0 Å². The summed E-state index contributed by atoms with van der Waals surface area (Å²) in [7, 11) is 2.91. The lowest BCUT2D eigenvalue weighted by molar-refractivity contribution is 0.0782. The molecule has 0 heterocycles. The Morgan fingerprint density at radius 1 is 0.556 bits per heavy atom. The minimum Gasteiger partial charge on any atom is -0.365 e. The van der Waals surface area contributed by atoms with E-state index in [1.54, 1.807) is 0 Å². The van der Waals surface area contributed by atoms with Crippen LogP contribution in [-0.2, 0) is 26.6 Å². The first-order chi connectivity index (χ1) is 8.57. The molecule has 1 aliphatic rings. The van der Waals surface area contributed by atoms with Gasteiger partial charge < -0.3 is 26.6 Å². The number of hydrogen-bond acceptors (Lipinski definition) is 7. The third kappa shape index (κ3) is 5.86. The fourth-order valence-corrected chi connectivity index (χ4v) is 5.94. The van der Waals surface area contributed by atoms with E-state index < -0.39 is 17.9 Å². The van der Waals surface area contributed by atoms with Gasteiger partial charge in [0.05, 0.1) is 0 Å². The minimum atomic E-state index is -2.98. The van der Waals surface area contributed by atoms with Crippen LogP contribution < -0.4 is 4.65 Å². The van der Waals surface area contributed by atoms with Crippen molar-refractivity contribution in [2.24, 2.45) is 0 Å². The topological polar surface area (TPSA) is 67.4 Å². The molecule has 0 saturated heterocycles. The molecule has 1 N–H and O–H groups in total. The second kappa shape index (κ2) is 9.12. The maximum absolute atomic E-state index is 5.18. The zero-order valence-electron chi connectivity index (χ0n) is 12.1. The maximum Gasteiger partial charge on any atom is 0.594 e. The average Bonchev–Trinajstić information content (AvgIpc) is 3.30. The molecule has 0 unspecified atom stereocenters. The van der Waals surface area contributed by atoms with Gasteiger partial charge in [-0.2, -0.15) is 0 Å². The Morgan fingerprint density at radius 2 is 0.778 bits per heavy atom. The first-order valence-electron chi connectivity index (χ1n) is 5.67. The van der Waals surface area contributed by atoms with Gasteiger partial charge in [0.1, 0.15) is 0 Å². The van der Waals surface area contributed by atoms with Crippen LogP contribution in [0.25, 0.3) is 0 Å². The monoisotopic (exact) mass is 299 g/mol. The van der Waals surface area contributed by atoms with Crippen molar-refractivity contribution in [1.29, 1.82) is 0 Å². The van der Waals surface area contributed by atoms with Gasteiger partial charge in [0.2, 0.25) is 0 Å². The van der Waals surface area contributed by atoms with E-state index >= 15 is 0 Å². The Kier molecular flexibility index (Phi) is 9.20. The van der Waals surface area contributed by atoms with Gasteiger partial charge in [0, 0.05) is 42.7 Å². The van der Waals surface area contributed by atoms with E-state index in [1.165, 1.54) is 61.9 Å². The van der Waals surface area contributed by atoms with E-state index in [2.05, 4.69) is 4.65 Å². The summed E-state index contributed by atoms with van der Waals surface area (Å²) in [6.45, 7) is 0. The highest BCUT2D eigenvalue weighted by molar-refractivity contribution is 6.75. The van der Waals surface area contributed by atoms with Gasteiger partial charge in [0.25, 0.3) is 0 Å². The zero-order chi connectivity index (χ0) is 14.1. The van der Waals surface area contributed by atoms with Crippen LogP contribution in [0, 0.1) is 0 Å². The maximum atomic E-state index is 5.18. The molecule has 0 spiro atoms. The smallest absolute Gasteiger partial charge is 0.365 e. The summed E-state index contributed by atoms with van der Waals surface area (Å²) in [5, 5.41) is 0. The Morgan fingerprint density at radius 3 is 0.889 bits per heavy atom. The van der Waals surface area contributed by atoms with Crippen LogP contribution in [0.3, 0.4) is 0 Å². The summed E-state index contributed by atoms with van der Waals surface area (Å²) in [4.78, 5) is 0. The van der Waals surface area contributed by atoms with Crippen LogP contribution in [0.1, 0.15) is 19.3 Å². The Hall–Kier alpha value is 0.154. The lowest BCUT2D eigenvalue weighted by atomic mass is 11.0. The number of nitrogens with one attached hydrogen (secondary N) is 1. The molecule has 0 amide bonds.